The van der Waals surface area contributed by atoms with Crippen LogP contribution in [-0.2, 0) is 18.8 Å². The zero-order valence-corrected chi connectivity index (χ0v) is 12.3. The lowest BCUT2D eigenvalue weighted by molar-refractivity contribution is -0.221. The van der Waals surface area contributed by atoms with Crippen LogP contribution in [0.15, 0.2) is 9.59 Å². The van der Waals surface area contributed by atoms with Crippen LogP contribution >= 0.6 is 0 Å². The molecule has 1 atom stereocenters. The number of anilines is 1. The standard InChI is InChI=1S/C12H14F3N5O3/c1-18-7-8(19(2)11(22)17-9(7)21)16-10(18)20-3-4-23-6(5-20)12(13,14)15/h6H,3-5H2,1-2H3,(H,17,21,22)/t6-/m1/s1. The number of nitrogens with one attached hydrogen (secondary N) is 1. The summed E-state index contributed by atoms with van der Waals surface area (Å²) in [6.45, 7) is -0.329. The molecule has 1 fully saturated rings. The molecular formula is C12H14F3N5O3. The molecule has 2 aromatic rings. The number of aromatic nitrogens is 4. The molecule has 23 heavy (non-hydrogen) atoms. The van der Waals surface area contributed by atoms with Gasteiger partial charge in [0, 0.05) is 20.6 Å². The second kappa shape index (κ2) is 5.11. The van der Waals surface area contributed by atoms with Crippen molar-refractivity contribution in [2.75, 3.05) is 24.6 Å². The Morgan fingerprint density at radius 3 is 2.61 bits per heavy atom. The maximum absolute atomic E-state index is 12.8. The van der Waals surface area contributed by atoms with Gasteiger partial charge < -0.3 is 14.2 Å². The minimum atomic E-state index is -4.48. The topological polar surface area (TPSA) is 85.2 Å². The van der Waals surface area contributed by atoms with Crippen LogP contribution in [0.25, 0.3) is 11.2 Å². The fraction of sp³-hybridized carbons (Fsp3) is 0.583. The first kappa shape index (κ1) is 15.6. The molecular weight excluding hydrogens is 319 g/mol. The van der Waals surface area contributed by atoms with Crippen molar-refractivity contribution in [3.63, 3.8) is 0 Å². The molecule has 0 amide bonds. The number of morpholine rings is 1. The predicted molar refractivity (Wildman–Crippen MR) is 74.6 cm³/mol. The Balaban J connectivity index is 2.09. The van der Waals surface area contributed by atoms with Gasteiger partial charge in [-0.1, -0.05) is 0 Å². The molecule has 0 unspecified atom stereocenters. The zero-order valence-electron chi connectivity index (χ0n) is 12.3. The fourth-order valence-corrected chi connectivity index (χ4v) is 2.61. The van der Waals surface area contributed by atoms with Crippen LogP contribution in [0.2, 0.25) is 0 Å². The van der Waals surface area contributed by atoms with E-state index in [9.17, 15) is 22.8 Å². The van der Waals surface area contributed by atoms with Crippen LogP contribution in [0.5, 0.6) is 0 Å². The summed E-state index contributed by atoms with van der Waals surface area (Å²) in [6.07, 6.45) is -6.40. The van der Waals surface area contributed by atoms with Crippen molar-refractivity contribution in [3.05, 3.63) is 20.8 Å². The summed E-state index contributed by atoms with van der Waals surface area (Å²) in [7, 11) is 2.94. The Kier molecular flexibility index (Phi) is 3.47. The van der Waals surface area contributed by atoms with Gasteiger partial charge >= 0.3 is 11.9 Å². The van der Waals surface area contributed by atoms with Crippen molar-refractivity contribution < 1.29 is 17.9 Å². The normalized spacial score (nSPS) is 19.5. The van der Waals surface area contributed by atoms with Crippen LogP contribution in [0.4, 0.5) is 19.1 Å². The van der Waals surface area contributed by atoms with Crippen LogP contribution in [0, 0.1) is 0 Å². The first-order valence-electron chi connectivity index (χ1n) is 6.79. The Morgan fingerprint density at radius 2 is 1.96 bits per heavy atom. The average molecular weight is 333 g/mol. The summed E-state index contributed by atoms with van der Waals surface area (Å²) in [5.74, 6) is 0.184. The Hall–Kier alpha value is -2.30. The molecule has 126 valence electrons. The van der Waals surface area contributed by atoms with Crippen molar-refractivity contribution in [1.82, 2.24) is 19.1 Å². The first-order chi connectivity index (χ1) is 10.7. The van der Waals surface area contributed by atoms with E-state index in [0.717, 1.165) is 4.57 Å². The van der Waals surface area contributed by atoms with E-state index in [1.54, 1.807) is 0 Å². The number of H-pyrrole nitrogens is 1. The Morgan fingerprint density at radius 1 is 1.26 bits per heavy atom. The van der Waals surface area contributed by atoms with E-state index < -0.39 is 30.1 Å². The summed E-state index contributed by atoms with van der Waals surface area (Å²) >= 11 is 0. The van der Waals surface area contributed by atoms with Crippen LogP contribution in [0.1, 0.15) is 0 Å². The number of hydrogen-bond donors (Lipinski definition) is 1. The zero-order chi connectivity index (χ0) is 16.9. The van der Waals surface area contributed by atoms with Gasteiger partial charge in [-0.05, 0) is 0 Å². The number of aryl methyl sites for hydroxylation is 2. The average Bonchev–Trinajstić information content (AvgIpc) is 2.82. The Bertz CT molecular complexity index is 866. The molecule has 0 spiro atoms. The first-order valence-corrected chi connectivity index (χ1v) is 6.79. The Labute approximate surface area is 127 Å². The molecule has 2 aromatic heterocycles. The molecule has 0 aromatic carbocycles. The van der Waals surface area contributed by atoms with Gasteiger partial charge in [0.2, 0.25) is 5.95 Å². The molecule has 0 saturated carbocycles. The third kappa shape index (κ3) is 2.50. The van der Waals surface area contributed by atoms with Crippen molar-refractivity contribution in [1.29, 1.82) is 0 Å². The minimum absolute atomic E-state index is 0.108. The quantitative estimate of drug-likeness (QED) is 0.776. The van der Waals surface area contributed by atoms with Crippen molar-refractivity contribution >= 4 is 17.1 Å². The molecule has 1 aliphatic heterocycles. The molecule has 1 saturated heterocycles. The van der Waals surface area contributed by atoms with E-state index in [4.69, 9.17) is 4.74 Å². The lowest BCUT2D eigenvalue weighted by atomic mass is 10.3. The molecule has 3 rings (SSSR count). The van der Waals surface area contributed by atoms with Gasteiger partial charge in [-0.3, -0.25) is 14.3 Å². The molecule has 11 heteroatoms. The number of hydrogen-bond acceptors (Lipinski definition) is 5. The molecule has 0 bridgehead atoms. The van der Waals surface area contributed by atoms with Crippen molar-refractivity contribution in [2.45, 2.75) is 12.3 Å². The number of fused-ring (bicyclic) bond motifs is 1. The van der Waals surface area contributed by atoms with Gasteiger partial charge in [0.1, 0.15) is 0 Å². The molecule has 8 nitrogen and oxygen atoms in total. The SMILES string of the molecule is Cn1c(N2CCO[C@@H](C(F)(F)F)C2)nc2c1c(=O)[nH]c(=O)n2C. The summed E-state index contributed by atoms with van der Waals surface area (Å²) in [5, 5.41) is 0. The number of ether oxygens (including phenoxy) is 1. The van der Waals surface area contributed by atoms with Gasteiger partial charge in [0.15, 0.2) is 17.3 Å². The highest BCUT2D eigenvalue weighted by molar-refractivity contribution is 5.74. The van der Waals surface area contributed by atoms with E-state index in [1.165, 1.54) is 23.6 Å². The molecule has 0 aliphatic carbocycles. The summed E-state index contributed by atoms with van der Waals surface area (Å²) in [5.41, 5.74) is -1.03. The van der Waals surface area contributed by atoms with Gasteiger partial charge in [0.25, 0.3) is 5.56 Å². The summed E-state index contributed by atoms with van der Waals surface area (Å²) < 4.78 is 45.8. The van der Waals surface area contributed by atoms with E-state index in [0.29, 0.717) is 0 Å². The van der Waals surface area contributed by atoms with Crippen LogP contribution in [-0.4, -0.2) is 51.1 Å². The van der Waals surface area contributed by atoms with Crippen molar-refractivity contribution in [2.24, 2.45) is 14.1 Å². The van der Waals surface area contributed by atoms with E-state index in [-0.39, 0.29) is 30.3 Å². The maximum atomic E-state index is 12.8. The fourth-order valence-electron chi connectivity index (χ4n) is 2.61. The van der Waals surface area contributed by atoms with Gasteiger partial charge in [0.05, 0.1) is 13.2 Å². The largest absolute Gasteiger partial charge is 0.416 e. The van der Waals surface area contributed by atoms with Gasteiger partial charge in [-0.2, -0.15) is 18.2 Å². The molecule has 0 radical (unpaired) electrons. The molecule has 1 N–H and O–H groups in total. The summed E-state index contributed by atoms with van der Waals surface area (Å²) in [6, 6.07) is 0. The number of aromatic amines is 1. The summed E-state index contributed by atoms with van der Waals surface area (Å²) in [4.78, 5) is 31.3. The predicted octanol–water partition coefficient (Wildman–Crippen LogP) is -0.272. The molecule has 3 heterocycles. The van der Waals surface area contributed by atoms with E-state index in [1.807, 2.05) is 0 Å². The molecule has 1 aliphatic rings. The maximum Gasteiger partial charge on any atom is 0.416 e. The second-order valence-corrected chi connectivity index (χ2v) is 5.31. The highest BCUT2D eigenvalue weighted by atomic mass is 19.4. The number of halogens is 3. The van der Waals surface area contributed by atoms with Crippen molar-refractivity contribution in [3.8, 4) is 0 Å². The van der Waals surface area contributed by atoms with Crippen LogP contribution < -0.4 is 16.1 Å². The number of alkyl halides is 3. The number of imidazole rings is 1. The van der Waals surface area contributed by atoms with Crippen LogP contribution in [0.3, 0.4) is 0 Å². The lowest BCUT2D eigenvalue weighted by Gasteiger charge is -2.34. The number of rotatable bonds is 1. The second-order valence-electron chi connectivity index (χ2n) is 5.31. The smallest absolute Gasteiger partial charge is 0.365 e. The third-order valence-electron chi connectivity index (χ3n) is 3.83. The minimum Gasteiger partial charge on any atom is -0.365 e. The lowest BCUT2D eigenvalue weighted by Crippen LogP contribution is -2.50. The number of nitrogens with zero attached hydrogens (tertiary/aromatic N) is 4. The monoisotopic (exact) mass is 333 g/mol. The van der Waals surface area contributed by atoms with E-state index in [2.05, 4.69) is 9.97 Å². The third-order valence-corrected chi connectivity index (χ3v) is 3.83. The highest BCUT2D eigenvalue weighted by Crippen LogP contribution is 2.28. The van der Waals surface area contributed by atoms with Gasteiger partial charge in [-0.15, -0.1) is 0 Å². The highest BCUT2D eigenvalue weighted by Gasteiger charge is 2.44. The van der Waals surface area contributed by atoms with Gasteiger partial charge in [-0.25, -0.2) is 4.79 Å². The van der Waals surface area contributed by atoms with E-state index >= 15 is 0 Å².